The summed E-state index contributed by atoms with van der Waals surface area (Å²) in [5, 5.41) is 2.97. The summed E-state index contributed by atoms with van der Waals surface area (Å²) in [6.45, 7) is 5.66. The van der Waals surface area contributed by atoms with Crippen molar-refractivity contribution in [3.63, 3.8) is 0 Å². The summed E-state index contributed by atoms with van der Waals surface area (Å²) < 4.78 is 27.0. The number of carbonyl (C=O) groups excluding carboxylic acids is 2. The summed E-state index contributed by atoms with van der Waals surface area (Å²) in [4.78, 5) is 28.1. The number of carbonyl (C=O) groups is 2. The molecule has 0 spiro atoms. The van der Waals surface area contributed by atoms with Crippen molar-refractivity contribution in [1.82, 2.24) is 10.2 Å². The van der Waals surface area contributed by atoms with Gasteiger partial charge < -0.3 is 10.2 Å². The lowest BCUT2D eigenvalue weighted by atomic mass is 10.1. The van der Waals surface area contributed by atoms with E-state index in [1.165, 1.54) is 4.90 Å². The number of sulfonamides is 1. The van der Waals surface area contributed by atoms with Crippen LogP contribution in [0.5, 0.6) is 0 Å². The van der Waals surface area contributed by atoms with Crippen LogP contribution in [0.15, 0.2) is 59.1 Å². The van der Waals surface area contributed by atoms with E-state index in [1.54, 1.807) is 24.3 Å². The zero-order valence-electron chi connectivity index (χ0n) is 20.2. The molecule has 0 fully saturated rings. The second-order valence-electron chi connectivity index (χ2n) is 8.31. The average Bonchev–Trinajstić information content (AvgIpc) is 2.80. The molecule has 2 rings (SSSR count). The maximum atomic E-state index is 13.6. The number of nitrogens with zero attached hydrogens (tertiary/aromatic N) is 2. The third-order valence-corrected chi connectivity index (χ3v) is 7.33. The molecule has 0 radical (unpaired) electrons. The summed E-state index contributed by atoms with van der Waals surface area (Å²) in [5.41, 5.74) is 1.42. The number of halogens is 1. The van der Waals surface area contributed by atoms with Crippen molar-refractivity contribution in [3.05, 3.63) is 64.6 Å². The van der Waals surface area contributed by atoms with Gasteiger partial charge in [0.05, 0.1) is 11.9 Å². The van der Waals surface area contributed by atoms with E-state index in [9.17, 15) is 18.0 Å². The molecule has 9 heteroatoms. The predicted molar refractivity (Wildman–Crippen MR) is 140 cm³/mol. The zero-order chi connectivity index (χ0) is 25.3. The van der Waals surface area contributed by atoms with Crippen molar-refractivity contribution in [3.8, 4) is 0 Å². The first-order valence-electron chi connectivity index (χ1n) is 11.4. The Morgan fingerprint density at radius 1 is 1.00 bits per heavy atom. The van der Waals surface area contributed by atoms with Crippen LogP contribution in [-0.4, -0.2) is 56.6 Å². The molecule has 0 bridgehead atoms. The fourth-order valence-electron chi connectivity index (χ4n) is 3.56. The van der Waals surface area contributed by atoms with Crippen LogP contribution < -0.4 is 9.62 Å². The summed E-state index contributed by atoms with van der Waals surface area (Å²) in [6, 6.07) is 15.7. The van der Waals surface area contributed by atoms with Gasteiger partial charge in [0.1, 0.15) is 12.6 Å². The van der Waals surface area contributed by atoms with Crippen molar-refractivity contribution in [2.45, 2.75) is 52.1 Å². The molecule has 0 aliphatic carbocycles. The first-order chi connectivity index (χ1) is 16.1. The van der Waals surface area contributed by atoms with Gasteiger partial charge in [0, 0.05) is 17.1 Å². The van der Waals surface area contributed by atoms with E-state index in [1.807, 2.05) is 51.1 Å². The summed E-state index contributed by atoms with van der Waals surface area (Å²) >= 11 is 3.34. The number of anilines is 1. The molecular weight excluding hydrogens is 518 g/mol. The van der Waals surface area contributed by atoms with Crippen molar-refractivity contribution < 1.29 is 18.0 Å². The second-order valence-corrected chi connectivity index (χ2v) is 11.1. The highest BCUT2D eigenvalue weighted by molar-refractivity contribution is 9.10. The van der Waals surface area contributed by atoms with Gasteiger partial charge in [-0.2, -0.15) is 0 Å². The van der Waals surface area contributed by atoms with Gasteiger partial charge in [-0.3, -0.25) is 13.9 Å². The van der Waals surface area contributed by atoms with Gasteiger partial charge in [-0.25, -0.2) is 8.42 Å². The van der Waals surface area contributed by atoms with E-state index in [0.717, 1.165) is 27.0 Å². The number of nitrogens with one attached hydrogen (secondary N) is 1. The van der Waals surface area contributed by atoms with Gasteiger partial charge >= 0.3 is 0 Å². The normalized spacial score (nSPS) is 13.1. The molecule has 0 saturated heterocycles. The highest BCUT2D eigenvalue weighted by atomic mass is 79.9. The first kappa shape index (κ1) is 27.9. The Labute approximate surface area is 211 Å². The largest absolute Gasteiger partial charge is 0.352 e. The standard InChI is InChI=1S/C25H34BrN3O4S/c1-5-19(3)27-25(31)23(6-2)28(17-16-20-10-8-7-9-11-20)24(30)18-29(34(4,32)33)22-14-12-21(26)13-15-22/h7-15,19,23H,5-6,16-18H2,1-4H3,(H,27,31)/t19-,23-/m1/s1. The van der Waals surface area contributed by atoms with Crippen molar-refractivity contribution in [1.29, 1.82) is 0 Å². The monoisotopic (exact) mass is 551 g/mol. The molecule has 2 atom stereocenters. The smallest absolute Gasteiger partial charge is 0.244 e. The van der Waals surface area contributed by atoms with Crippen LogP contribution in [0.4, 0.5) is 5.69 Å². The number of hydrogen-bond donors (Lipinski definition) is 1. The number of amides is 2. The van der Waals surface area contributed by atoms with Gasteiger partial charge in [-0.1, -0.05) is 60.1 Å². The van der Waals surface area contributed by atoms with Gasteiger partial charge in [0.15, 0.2) is 0 Å². The topological polar surface area (TPSA) is 86.8 Å². The molecule has 0 aliphatic heterocycles. The van der Waals surface area contributed by atoms with Crippen molar-refractivity contribution in [2.75, 3.05) is 23.7 Å². The summed E-state index contributed by atoms with van der Waals surface area (Å²) in [5.74, 6) is -0.650. The molecule has 34 heavy (non-hydrogen) atoms. The maximum Gasteiger partial charge on any atom is 0.244 e. The Bertz CT molecular complexity index is 1050. The second kappa shape index (κ2) is 12.9. The third kappa shape index (κ3) is 8.13. The minimum Gasteiger partial charge on any atom is -0.352 e. The van der Waals surface area contributed by atoms with E-state index in [0.29, 0.717) is 25.1 Å². The van der Waals surface area contributed by atoms with Crippen LogP contribution in [0.2, 0.25) is 0 Å². The van der Waals surface area contributed by atoms with Crippen LogP contribution in [0.1, 0.15) is 39.2 Å². The van der Waals surface area contributed by atoms with Gasteiger partial charge in [-0.15, -0.1) is 0 Å². The fourth-order valence-corrected chi connectivity index (χ4v) is 4.67. The lowest BCUT2D eigenvalue weighted by Crippen LogP contribution is -2.54. The SMILES string of the molecule is CC[C@@H](C)NC(=O)[C@@H](CC)N(CCc1ccccc1)C(=O)CN(c1ccc(Br)cc1)S(C)(=O)=O. The Balaban J connectivity index is 2.34. The molecular formula is C25H34BrN3O4S. The van der Waals surface area contributed by atoms with E-state index >= 15 is 0 Å². The Kier molecular flexibility index (Phi) is 10.6. The Morgan fingerprint density at radius 2 is 1.62 bits per heavy atom. The Morgan fingerprint density at radius 3 is 2.15 bits per heavy atom. The maximum absolute atomic E-state index is 13.6. The lowest BCUT2D eigenvalue weighted by molar-refractivity contribution is -0.139. The van der Waals surface area contributed by atoms with Crippen LogP contribution in [0, 0.1) is 0 Å². The van der Waals surface area contributed by atoms with E-state index in [4.69, 9.17) is 0 Å². The average molecular weight is 553 g/mol. The number of rotatable bonds is 12. The van der Waals surface area contributed by atoms with Gasteiger partial charge in [0.25, 0.3) is 0 Å². The molecule has 186 valence electrons. The van der Waals surface area contributed by atoms with Crippen molar-refractivity contribution >= 4 is 43.5 Å². The highest BCUT2D eigenvalue weighted by Crippen LogP contribution is 2.21. The van der Waals surface area contributed by atoms with Crippen molar-refractivity contribution in [2.24, 2.45) is 0 Å². The van der Waals surface area contributed by atoms with E-state index in [-0.39, 0.29) is 18.5 Å². The van der Waals surface area contributed by atoms with Gasteiger partial charge in [0.2, 0.25) is 21.8 Å². The molecule has 0 heterocycles. The minimum absolute atomic E-state index is 0.0251. The predicted octanol–water partition coefficient (Wildman–Crippen LogP) is 3.98. The molecule has 2 aromatic rings. The molecule has 7 nitrogen and oxygen atoms in total. The quantitative estimate of drug-likeness (QED) is 0.432. The molecule has 1 N–H and O–H groups in total. The van der Waals surface area contributed by atoms with E-state index < -0.39 is 22.0 Å². The molecule has 0 aliphatic rings. The number of benzene rings is 2. The lowest BCUT2D eigenvalue weighted by Gasteiger charge is -2.33. The molecule has 2 aromatic carbocycles. The molecule has 0 saturated carbocycles. The Hall–Kier alpha value is -2.39. The number of hydrogen-bond acceptors (Lipinski definition) is 4. The summed E-state index contributed by atoms with van der Waals surface area (Å²) in [7, 11) is -3.73. The van der Waals surface area contributed by atoms with Crippen LogP contribution in [0.3, 0.4) is 0 Å². The highest BCUT2D eigenvalue weighted by Gasteiger charge is 2.31. The van der Waals surface area contributed by atoms with E-state index in [2.05, 4.69) is 21.2 Å². The molecule has 0 aromatic heterocycles. The third-order valence-electron chi connectivity index (χ3n) is 5.66. The molecule has 2 amide bonds. The zero-order valence-corrected chi connectivity index (χ0v) is 22.6. The fraction of sp³-hybridized carbons (Fsp3) is 0.440. The molecule has 0 unspecified atom stereocenters. The van der Waals surface area contributed by atoms with Crippen LogP contribution in [0.25, 0.3) is 0 Å². The first-order valence-corrected chi connectivity index (χ1v) is 14.1. The van der Waals surface area contributed by atoms with Crippen LogP contribution >= 0.6 is 15.9 Å². The van der Waals surface area contributed by atoms with Gasteiger partial charge in [-0.05, 0) is 56.0 Å². The summed E-state index contributed by atoms with van der Waals surface area (Å²) in [6.07, 6.45) is 2.81. The van der Waals surface area contributed by atoms with Crippen LogP contribution in [-0.2, 0) is 26.0 Å². The minimum atomic E-state index is -3.73.